The van der Waals surface area contributed by atoms with Crippen LogP contribution in [0.5, 0.6) is 0 Å². The van der Waals surface area contributed by atoms with Gasteiger partial charge in [0.25, 0.3) is 5.91 Å². The van der Waals surface area contributed by atoms with Crippen LogP contribution in [-0.4, -0.2) is 34.8 Å². The summed E-state index contributed by atoms with van der Waals surface area (Å²) in [4.78, 5) is 29.7. The second-order valence-electron chi connectivity index (χ2n) is 5.39. The Morgan fingerprint density at radius 2 is 2.00 bits per heavy atom. The van der Waals surface area contributed by atoms with Gasteiger partial charge in [0, 0.05) is 31.8 Å². The van der Waals surface area contributed by atoms with Gasteiger partial charge < -0.3 is 10.2 Å². The van der Waals surface area contributed by atoms with Crippen molar-refractivity contribution >= 4 is 11.8 Å². The lowest BCUT2D eigenvalue weighted by atomic mass is 10.1. The van der Waals surface area contributed by atoms with E-state index in [0.29, 0.717) is 25.2 Å². The predicted octanol–water partition coefficient (Wildman–Crippen LogP) is 2.17. The van der Waals surface area contributed by atoms with Gasteiger partial charge in [-0.05, 0) is 31.2 Å². The monoisotopic (exact) mass is 311 g/mol. The number of aromatic nitrogens is 1. The number of nitrogens with zero attached hydrogens (tertiary/aromatic N) is 2. The predicted molar refractivity (Wildman–Crippen MR) is 88.8 cm³/mol. The van der Waals surface area contributed by atoms with Gasteiger partial charge in [-0.3, -0.25) is 14.6 Å². The Labute approximate surface area is 136 Å². The van der Waals surface area contributed by atoms with E-state index in [2.05, 4.69) is 10.3 Å². The van der Waals surface area contributed by atoms with Crippen molar-refractivity contribution in [1.82, 2.24) is 15.2 Å². The maximum Gasteiger partial charge on any atom is 0.251 e. The fourth-order valence-electron chi connectivity index (χ4n) is 2.23. The highest BCUT2D eigenvalue weighted by Gasteiger charge is 2.11. The number of aryl methyl sites for hydroxylation is 1. The van der Waals surface area contributed by atoms with E-state index in [-0.39, 0.29) is 11.8 Å². The molecule has 0 spiro atoms. The van der Waals surface area contributed by atoms with Gasteiger partial charge in [-0.1, -0.05) is 23.8 Å². The van der Waals surface area contributed by atoms with Crippen LogP contribution in [0.3, 0.4) is 0 Å². The van der Waals surface area contributed by atoms with E-state index in [4.69, 9.17) is 0 Å². The van der Waals surface area contributed by atoms with Crippen LogP contribution < -0.4 is 5.32 Å². The summed E-state index contributed by atoms with van der Waals surface area (Å²) in [5.41, 5.74) is 2.50. The summed E-state index contributed by atoms with van der Waals surface area (Å²) in [6.45, 7) is 4.76. The van der Waals surface area contributed by atoms with Crippen LogP contribution in [-0.2, 0) is 11.3 Å². The van der Waals surface area contributed by atoms with Gasteiger partial charge in [0.05, 0.1) is 12.2 Å². The molecule has 23 heavy (non-hydrogen) atoms. The molecule has 0 radical (unpaired) electrons. The summed E-state index contributed by atoms with van der Waals surface area (Å²) in [7, 11) is 0. The Kier molecular flexibility index (Phi) is 5.86. The van der Waals surface area contributed by atoms with Crippen LogP contribution in [0.15, 0.2) is 48.7 Å². The molecule has 0 saturated carbocycles. The first kappa shape index (κ1) is 16.7. The Balaban J connectivity index is 1.87. The minimum atomic E-state index is -0.130. The molecular formula is C18H21N3O2. The average Bonchev–Trinajstić information content (AvgIpc) is 2.54. The lowest BCUT2D eigenvalue weighted by Gasteiger charge is -2.20. The average molecular weight is 311 g/mol. The summed E-state index contributed by atoms with van der Waals surface area (Å²) < 4.78 is 0. The van der Waals surface area contributed by atoms with Crippen LogP contribution in [0.2, 0.25) is 0 Å². The Hall–Kier alpha value is -2.69. The SMILES string of the molecule is CC(=O)N(CCNC(=O)c1cccc(C)c1)Cc1ccccn1. The molecule has 0 unspecified atom stereocenters. The molecule has 120 valence electrons. The van der Waals surface area contributed by atoms with Gasteiger partial charge in [-0.25, -0.2) is 0 Å². The topological polar surface area (TPSA) is 62.3 Å². The Bertz CT molecular complexity index is 671. The van der Waals surface area contributed by atoms with E-state index in [1.54, 1.807) is 17.2 Å². The molecule has 0 aliphatic carbocycles. The number of hydrogen-bond acceptors (Lipinski definition) is 3. The standard InChI is InChI=1S/C18H21N3O2/c1-14-6-5-7-16(12-14)18(23)20-10-11-21(15(2)22)13-17-8-3-4-9-19-17/h3-9,12H,10-11,13H2,1-2H3,(H,20,23). The van der Waals surface area contributed by atoms with Crippen molar-refractivity contribution in [2.45, 2.75) is 20.4 Å². The summed E-state index contributed by atoms with van der Waals surface area (Å²) >= 11 is 0. The quantitative estimate of drug-likeness (QED) is 0.889. The van der Waals surface area contributed by atoms with Gasteiger partial charge in [0.15, 0.2) is 0 Å². The smallest absolute Gasteiger partial charge is 0.251 e. The van der Waals surface area contributed by atoms with E-state index in [1.165, 1.54) is 6.92 Å². The molecule has 0 fully saturated rings. The molecule has 0 aliphatic heterocycles. The van der Waals surface area contributed by atoms with E-state index < -0.39 is 0 Å². The summed E-state index contributed by atoms with van der Waals surface area (Å²) in [6, 6.07) is 13.0. The van der Waals surface area contributed by atoms with Gasteiger partial charge in [0.1, 0.15) is 0 Å². The van der Waals surface area contributed by atoms with Gasteiger partial charge in [-0.15, -0.1) is 0 Å². The van der Waals surface area contributed by atoms with Crippen LogP contribution in [0, 0.1) is 6.92 Å². The molecule has 0 saturated heterocycles. The third kappa shape index (κ3) is 5.21. The highest BCUT2D eigenvalue weighted by Crippen LogP contribution is 2.04. The molecule has 0 atom stereocenters. The molecule has 1 heterocycles. The number of hydrogen-bond donors (Lipinski definition) is 1. The van der Waals surface area contributed by atoms with E-state index in [1.807, 2.05) is 43.3 Å². The second kappa shape index (κ2) is 8.08. The molecule has 2 rings (SSSR count). The van der Waals surface area contributed by atoms with Crippen molar-refractivity contribution in [3.8, 4) is 0 Å². The molecule has 1 N–H and O–H groups in total. The second-order valence-corrected chi connectivity index (χ2v) is 5.39. The van der Waals surface area contributed by atoms with Gasteiger partial charge in [-0.2, -0.15) is 0 Å². The van der Waals surface area contributed by atoms with Crippen molar-refractivity contribution in [2.75, 3.05) is 13.1 Å². The Morgan fingerprint density at radius 1 is 1.17 bits per heavy atom. The molecular weight excluding hydrogens is 290 g/mol. The van der Waals surface area contributed by atoms with Crippen molar-refractivity contribution in [3.63, 3.8) is 0 Å². The number of carbonyl (C=O) groups is 2. The maximum atomic E-state index is 12.1. The van der Waals surface area contributed by atoms with E-state index in [9.17, 15) is 9.59 Å². The van der Waals surface area contributed by atoms with Crippen molar-refractivity contribution in [1.29, 1.82) is 0 Å². The number of benzene rings is 1. The summed E-state index contributed by atoms with van der Waals surface area (Å²) in [5, 5.41) is 2.84. The van der Waals surface area contributed by atoms with Crippen molar-refractivity contribution < 1.29 is 9.59 Å². The number of pyridine rings is 1. The molecule has 5 heteroatoms. The minimum absolute atomic E-state index is 0.0412. The minimum Gasteiger partial charge on any atom is -0.350 e. The first-order chi connectivity index (χ1) is 11.1. The highest BCUT2D eigenvalue weighted by atomic mass is 16.2. The number of rotatable bonds is 6. The highest BCUT2D eigenvalue weighted by molar-refractivity contribution is 5.94. The van der Waals surface area contributed by atoms with Crippen LogP contribution >= 0.6 is 0 Å². The summed E-state index contributed by atoms with van der Waals surface area (Å²) in [6.07, 6.45) is 1.70. The van der Waals surface area contributed by atoms with Crippen LogP contribution in [0.25, 0.3) is 0 Å². The zero-order valence-electron chi connectivity index (χ0n) is 13.5. The molecule has 0 aliphatic rings. The largest absolute Gasteiger partial charge is 0.350 e. The first-order valence-corrected chi connectivity index (χ1v) is 7.56. The molecule has 5 nitrogen and oxygen atoms in total. The third-order valence-electron chi connectivity index (χ3n) is 3.47. The Morgan fingerprint density at radius 3 is 2.65 bits per heavy atom. The normalized spacial score (nSPS) is 10.2. The molecule has 1 aromatic carbocycles. The first-order valence-electron chi connectivity index (χ1n) is 7.56. The number of amides is 2. The van der Waals surface area contributed by atoms with Crippen molar-refractivity contribution in [2.24, 2.45) is 0 Å². The van der Waals surface area contributed by atoms with Crippen molar-refractivity contribution in [3.05, 3.63) is 65.5 Å². The fourth-order valence-corrected chi connectivity index (χ4v) is 2.23. The zero-order valence-corrected chi connectivity index (χ0v) is 13.5. The lowest BCUT2D eigenvalue weighted by Crippen LogP contribution is -2.37. The summed E-state index contributed by atoms with van der Waals surface area (Å²) in [5.74, 6) is -0.171. The zero-order chi connectivity index (χ0) is 16.7. The van der Waals surface area contributed by atoms with Crippen LogP contribution in [0.1, 0.15) is 28.5 Å². The van der Waals surface area contributed by atoms with E-state index >= 15 is 0 Å². The van der Waals surface area contributed by atoms with Gasteiger partial charge >= 0.3 is 0 Å². The van der Waals surface area contributed by atoms with E-state index in [0.717, 1.165) is 11.3 Å². The number of carbonyl (C=O) groups excluding carboxylic acids is 2. The third-order valence-corrected chi connectivity index (χ3v) is 3.47. The lowest BCUT2D eigenvalue weighted by molar-refractivity contribution is -0.129. The molecule has 2 amide bonds. The molecule has 1 aromatic heterocycles. The molecule has 0 bridgehead atoms. The van der Waals surface area contributed by atoms with Crippen LogP contribution in [0.4, 0.5) is 0 Å². The number of nitrogens with one attached hydrogen (secondary N) is 1. The van der Waals surface area contributed by atoms with Gasteiger partial charge in [0.2, 0.25) is 5.91 Å². The maximum absolute atomic E-state index is 12.1. The fraction of sp³-hybridized carbons (Fsp3) is 0.278. The molecule has 2 aromatic rings.